The van der Waals surface area contributed by atoms with Crippen molar-refractivity contribution in [3.05, 3.63) is 0 Å². The summed E-state index contributed by atoms with van der Waals surface area (Å²) in [6.07, 6.45) is -4.23. The lowest BCUT2D eigenvalue weighted by Crippen LogP contribution is -2.40. The molecule has 102 valence electrons. The molecular formula is C10H19F3N2O2. The van der Waals surface area contributed by atoms with Crippen LogP contribution >= 0.6 is 0 Å². The maximum atomic E-state index is 11.7. The molecule has 4 nitrogen and oxygen atoms in total. The maximum absolute atomic E-state index is 11.7. The standard InChI is InChI=1S/C10H19F3N2O2/c11-10(12,13)9-17-6-2-14-1-3-15-4-7-16-8-5-15/h14H,1-9H2. The zero-order valence-electron chi connectivity index (χ0n) is 9.76. The molecule has 7 heteroatoms. The van der Waals surface area contributed by atoms with E-state index >= 15 is 0 Å². The molecule has 1 fully saturated rings. The predicted octanol–water partition coefficient (Wildman–Crippen LogP) is 0.487. The molecule has 0 atom stereocenters. The van der Waals surface area contributed by atoms with Crippen molar-refractivity contribution in [2.45, 2.75) is 6.18 Å². The first kappa shape index (κ1) is 14.7. The molecule has 0 saturated carbocycles. The smallest absolute Gasteiger partial charge is 0.379 e. The van der Waals surface area contributed by atoms with E-state index < -0.39 is 12.8 Å². The third kappa shape index (κ3) is 8.37. The Bertz CT molecular complexity index is 196. The summed E-state index contributed by atoms with van der Waals surface area (Å²) < 4.78 is 44.8. The lowest BCUT2D eigenvalue weighted by atomic mass is 10.4. The van der Waals surface area contributed by atoms with Crippen LogP contribution in [0, 0.1) is 0 Å². The highest BCUT2D eigenvalue weighted by Gasteiger charge is 2.27. The predicted molar refractivity (Wildman–Crippen MR) is 57.0 cm³/mol. The van der Waals surface area contributed by atoms with E-state index in [4.69, 9.17) is 4.74 Å². The molecule has 0 unspecified atom stereocenters. The topological polar surface area (TPSA) is 33.7 Å². The van der Waals surface area contributed by atoms with Gasteiger partial charge in [-0.3, -0.25) is 4.90 Å². The summed E-state index contributed by atoms with van der Waals surface area (Å²) in [6, 6.07) is 0. The average Bonchev–Trinajstić information content (AvgIpc) is 2.28. The van der Waals surface area contributed by atoms with E-state index in [2.05, 4.69) is 15.0 Å². The minimum atomic E-state index is -4.23. The van der Waals surface area contributed by atoms with E-state index in [0.29, 0.717) is 6.54 Å². The molecule has 1 aliphatic heterocycles. The summed E-state index contributed by atoms with van der Waals surface area (Å²) in [5.41, 5.74) is 0. The van der Waals surface area contributed by atoms with Crippen molar-refractivity contribution in [1.29, 1.82) is 0 Å². The van der Waals surface area contributed by atoms with E-state index in [1.807, 2.05) is 0 Å². The Hall–Kier alpha value is -0.370. The van der Waals surface area contributed by atoms with Gasteiger partial charge in [0.25, 0.3) is 0 Å². The van der Waals surface area contributed by atoms with E-state index in [1.54, 1.807) is 0 Å². The highest BCUT2D eigenvalue weighted by Crippen LogP contribution is 2.13. The number of rotatable bonds is 7. The number of hydrogen-bond donors (Lipinski definition) is 1. The van der Waals surface area contributed by atoms with Crippen molar-refractivity contribution in [3.63, 3.8) is 0 Å². The fraction of sp³-hybridized carbons (Fsp3) is 1.00. The first-order valence-corrected chi connectivity index (χ1v) is 5.73. The van der Waals surface area contributed by atoms with Gasteiger partial charge >= 0.3 is 6.18 Å². The third-order valence-electron chi connectivity index (χ3n) is 2.40. The van der Waals surface area contributed by atoms with Crippen LogP contribution in [-0.4, -0.2) is 70.2 Å². The second kappa shape index (κ2) is 7.86. The number of morpholine rings is 1. The zero-order valence-corrected chi connectivity index (χ0v) is 9.76. The number of halogens is 3. The lowest BCUT2D eigenvalue weighted by molar-refractivity contribution is -0.173. The van der Waals surface area contributed by atoms with Gasteiger partial charge in [0.15, 0.2) is 0 Å². The van der Waals surface area contributed by atoms with E-state index in [9.17, 15) is 13.2 Å². The van der Waals surface area contributed by atoms with Gasteiger partial charge in [0.2, 0.25) is 0 Å². The molecule has 0 radical (unpaired) electrons. The quantitative estimate of drug-likeness (QED) is 0.672. The van der Waals surface area contributed by atoms with Crippen LogP contribution in [0.15, 0.2) is 0 Å². The van der Waals surface area contributed by atoms with Crippen LogP contribution in [0.3, 0.4) is 0 Å². The Morgan fingerprint density at radius 3 is 2.53 bits per heavy atom. The highest BCUT2D eigenvalue weighted by atomic mass is 19.4. The number of nitrogens with one attached hydrogen (secondary N) is 1. The molecule has 0 bridgehead atoms. The van der Waals surface area contributed by atoms with E-state index in [0.717, 1.165) is 39.4 Å². The molecule has 1 aliphatic rings. The van der Waals surface area contributed by atoms with Crippen LogP contribution in [0.1, 0.15) is 0 Å². The second-order valence-electron chi connectivity index (χ2n) is 3.87. The molecule has 1 heterocycles. The molecular weight excluding hydrogens is 237 g/mol. The lowest BCUT2D eigenvalue weighted by Gasteiger charge is -2.26. The molecule has 0 aromatic carbocycles. The summed E-state index contributed by atoms with van der Waals surface area (Å²) in [6.45, 7) is 4.38. The Labute approximate surface area is 99.1 Å². The van der Waals surface area contributed by atoms with Gasteiger partial charge < -0.3 is 14.8 Å². The summed E-state index contributed by atoms with van der Waals surface area (Å²) >= 11 is 0. The van der Waals surface area contributed by atoms with Crippen LogP contribution in [0.4, 0.5) is 13.2 Å². The largest absolute Gasteiger partial charge is 0.411 e. The molecule has 0 aromatic heterocycles. The van der Waals surface area contributed by atoms with Crippen molar-refractivity contribution in [1.82, 2.24) is 10.2 Å². The second-order valence-corrected chi connectivity index (χ2v) is 3.87. The first-order valence-electron chi connectivity index (χ1n) is 5.73. The van der Waals surface area contributed by atoms with Gasteiger partial charge in [-0.25, -0.2) is 0 Å². The van der Waals surface area contributed by atoms with Gasteiger partial charge in [-0.05, 0) is 0 Å². The Balaban J connectivity index is 1.84. The zero-order chi connectivity index (χ0) is 12.6. The van der Waals surface area contributed by atoms with Gasteiger partial charge in [-0.2, -0.15) is 13.2 Å². The highest BCUT2D eigenvalue weighted by molar-refractivity contribution is 4.62. The van der Waals surface area contributed by atoms with Gasteiger partial charge in [0.05, 0.1) is 19.8 Å². The molecule has 1 saturated heterocycles. The molecule has 0 amide bonds. The maximum Gasteiger partial charge on any atom is 0.411 e. The van der Waals surface area contributed by atoms with Gasteiger partial charge in [0, 0.05) is 32.7 Å². The SMILES string of the molecule is FC(F)(F)COCCNCCN1CCOCC1. The molecule has 0 aromatic rings. The number of alkyl halides is 3. The molecule has 1 rings (SSSR count). The average molecular weight is 256 g/mol. The summed E-state index contributed by atoms with van der Waals surface area (Å²) in [7, 11) is 0. The van der Waals surface area contributed by atoms with Gasteiger partial charge in [-0.1, -0.05) is 0 Å². The van der Waals surface area contributed by atoms with Crippen LogP contribution in [-0.2, 0) is 9.47 Å². The van der Waals surface area contributed by atoms with Crippen molar-refractivity contribution in [2.75, 3.05) is 59.2 Å². The third-order valence-corrected chi connectivity index (χ3v) is 2.40. The summed E-state index contributed by atoms with van der Waals surface area (Å²) in [5.74, 6) is 0. The van der Waals surface area contributed by atoms with E-state index in [-0.39, 0.29) is 6.61 Å². The minimum absolute atomic E-state index is 0.0859. The Morgan fingerprint density at radius 1 is 1.18 bits per heavy atom. The Morgan fingerprint density at radius 2 is 1.88 bits per heavy atom. The van der Waals surface area contributed by atoms with Crippen molar-refractivity contribution >= 4 is 0 Å². The summed E-state index contributed by atoms with van der Waals surface area (Å²) in [4.78, 5) is 2.26. The van der Waals surface area contributed by atoms with Crippen LogP contribution in [0.25, 0.3) is 0 Å². The number of nitrogens with zero attached hydrogens (tertiary/aromatic N) is 1. The Kier molecular flexibility index (Phi) is 6.79. The molecule has 17 heavy (non-hydrogen) atoms. The molecule has 0 aliphatic carbocycles. The van der Waals surface area contributed by atoms with Gasteiger partial charge in [-0.15, -0.1) is 0 Å². The number of ether oxygens (including phenoxy) is 2. The fourth-order valence-corrected chi connectivity index (χ4v) is 1.52. The minimum Gasteiger partial charge on any atom is -0.379 e. The van der Waals surface area contributed by atoms with Crippen molar-refractivity contribution < 1.29 is 22.6 Å². The van der Waals surface area contributed by atoms with E-state index in [1.165, 1.54) is 0 Å². The number of hydrogen-bond acceptors (Lipinski definition) is 4. The van der Waals surface area contributed by atoms with Gasteiger partial charge in [0.1, 0.15) is 6.61 Å². The fourth-order valence-electron chi connectivity index (χ4n) is 1.52. The molecule has 0 spiro atoms. The van der Waals surface area contributed by atoms with Crippen molar-refractivity contribution in [2.24, 2.45) is 0 Å². The van der Waals surface area contributed by atoms with Crippen LogP contribution in [0.5, 0.6) is 0 Å². The van der Waals surface area contributed by atoms with Crippen LogP contribution in [0.2, 0.25) is 0 Å². The normalized spacial score (nSPS) is 18.5. The first-order chi connectivity index (χ1) is 8.08. The monoisotopic (exact) mass is 256 g/mol. The van der Waals surface area contributed by atoms with Crippen LogP contribution < -0.4 is 5.32 Å². The summed E-state index contributed by atoms with van der Waals surface area (Å²) in [5, 5.41) is 3.04. The molecule has 1 N–H and O–H groups in total. The van der Waals surface area contributed by atoms with Crippen molar-refractivity contribution in [3.8, 4) is 0 Å².